The molecule has 0 aliphatic heterocycles. The van der Waals surface area contributed by atoms with Crippen molar-refractivity contribution >= 4 is 5.91 Å². The van der Waals surface area contributed by atoms with Crippen molar-refractivity contribution in [1.82, 2.24) is 5.32 Å². The topological polar surface area (TPSA) is 29.1 Å². The zero-order chi connectivity index (χ0) is 13.0. The first kappa shape index (κ1) is 13.1. The van der Waals surface area contributed by atoms with Crippen molar-refractivity contribution in [1.29, 1.82) is 0 Å². The molecule has 1 saturated carbocycles. The molecule has 1 aliphatic carbocycles. The maximum absolute atomic E-state index is 13.0. The van der Waals surface area contributed by atoms with Crippen molar-refractivity contribution in [3.8, 4) is 0 Å². The van der Waals surface area contributed by atoms with E-state index in [0.29, 0.717) is 6.54 Å². The van der Waals surface area contributed by atoms with Crippen LogP contribution in [0.2, 0.25) is 0 Å². The molecule has 0 aromatic heterocycles. The quantitative estimate of drug-likeness (QED) is 0.876. The first-order valence-corrected chi connectivity index (χ1v) is 6.73. The molecular weight excluding hydrogens is 229 g/mol. The average Bonchev–Trinajstić information content (AvgIpc) is 2.40. The van der Waals surface area contributed by atoms with Gasteiger partial charge in [0.05, 0.1) is 5.41 Å². The third kappa shape index (κ3) is 2.40. The van der Waals surface area contributed by atoms with Crippen LogP contribution in [0, 0.1) is 5.82 Å². The van der Waals surface area contributed by atoms with Gasteiger partial charge in [-0.15, -0.1) is 0 Å². The highest BCUT2D eigenvalue weighted by atomic mass is 19.1. The minimum atomic E-state index is -0.442. The number of benzene rings is 1. The molecule has 1 N–H and O–H groups in total. The third-order valence-electron chi connectivity index (χ3n) is 3.88. The molecule has 0 heterocycles. The molecule has 1 aromatic rings. The molecule has 1 aromatic carbocycles. The normalized spacial score (nSPS) is 18.3. The Labute approximate surface area is 108 Å². The third-order valence-corrected chi connectivity index (χ3v) is 3.88. The Morgan fingerprint density at radius 1 is 1.22 bits per heavy atom. The van der Waals surface area contributed by atoms with E-state index in [9.17, 15) is 9.18 Å². The van der Waals surface area contributed by atoms with Gasteiger partial charge in [0.2, 0.25) is 5.91 Å². The zero-order valence-corrected chi connectivity index (χ0v) is 10.8. The van der Waals surface area contributed by atoms with Crippen LogP contribution in [-0.2, 0) is 10.2 Å². The van der Waals surface area contributed by atoms with Crippen LogP contribution in [0.1, 0.15) is 44.6 Å². The van der Waals surface area contributed by atoms with E-state index in [0.717, 1.165) is 31.2 Å². The van der Waals surface area contributed by atoms with Gasteiger partial charge in [-0.2, -0.15) is 0 Å². The van der Waals surface area contributed by atoms with E-state index in [2.05, 4.69) is 5.32 Å². The molecule has 0 unspecified atom stereocenters. The van der Waals surface area contributed by atoms with Crippen LogP contribution in [-0.4, -0.2) is 12.5 Å². The van der Waals surface area contributed by atoms with Crippen LogP contribution in [0.5, 0.6) is 0 Å². The highest BCUT2D eigenvalue weighted by molar-refractivity contribution is 5.88. The summed E-state index contributed by atoms with van der Waals surface area (Å²) in [5, 5.41) is 2.94. The van der Waals surface area contributed by atoms with Gasteiger partial charge in [0.15, 0.2) is 0 Å². The second kappa shape index (κ2) is 5.51. The molecule has 0 atom stereocenters. The van der Waals surface area contributed by atoms with E-state index < -0.39 is 5.41 Å². The highest BCUT2D eigenvalue weighted by Gasteiger charge is 2.40. The van der Waals surface area contributed by atoms with Crippen LogP contribution in [0.3, 0.4) is 0 Å². The summed E-state index contributed by atoms with van der Waals surface area (Å²) in [6.45, 7) is 2.57. The Bertz CT molecular complexity index is 407. The van der Waals surface area contributed by atoms with Crippen LogP contribution in [0.25, 0.3) is 0 Å². The summed E-state index contributed by atoms with van der Waals surface area (Å²) in [6.07, 6.45) is 5.04. The maximum Gasteiger partial charge on any atom is 0.230 e. The monoisotopic (exact) mass is 249 g/mol. The van der Waals surface area contributed by atoms with Crippen molar-refractivity contribution in [3.63, 3.8) is 0 Å². The summed E-state index contributed by atoms with van der Waals surface area (Å²) in [5.41, 5.74) is 0.511. The Hall–Kier alpha value is -1.38. The van der Waals surface area contributed by atoms with E-state index in [-0.39, 0.29) is 11.7 Å². The Balaban J connectivity index is 2.34. The SMILES string of the molecule is CCNC(=O)C1(c2ccc(F)cc2)CCCCC1. The minimum Gasteiger partial charge on any atom is -0.356 e. The Morgan fingerprint density at radius 2 is 1.83 bits per heavy atom. The fraction of sp³-hybridized carbons (Fsp3) is 0.533. The summed E-state index contributed by atoms with van der Waals surface area (Å²) in [5.74, 6) is -0.156. The van der Waals surface area contributed by atoms with E-state index in [4.69, 9.17) is 0 Å². The number of halogens is 1. The molecule has 1 amide bonds. The lowest BCUT2D eigenvalue weighted by molar-refractivity contribution is -0.128. The predicted molar refractivity (Wildman–Crippen MR) is 69.8 cm³/mol. The van der Waals surface area contributed by atoms with Gasteiger partial charge in [0.25, 0.3) is 0 Å². The molecule has 3 heteroatoms. The number of rotatable bonds is 3. The molecule has 2 rings (SSSR count). The molecule has 18 heavy (non-hydrogen) atoms. The molecule has 98 valence electrons. The van der Waals surface area contributed by atoms with Gasteiger partial charge < -0.3 is 5.32 Å². The lowest BCUT2D eigenvalue weighted by atomic mass is 9.68. The summed E-state index contributed by atoms with van der Waals surface area (Å²) >= 11 is 0. The molecule has 0 spiro atoms. The number of hydrogen-bond donors (Lipinski definition) is 1. The lowest BCUT2D eigenvalue weighted by Gasteiger charge is -2.36. The number of carbonyl (C=O) groups excluding carboxylic acids is 1. The van der Waals surface area contributed by atoms with Crippen molar-refractivity contribution in [3.05, 3.63) is 35.6 Å². The number of likely N-dealkylation sites (N-methyl/N-ethyl adjacent to an activating group) is 1. The van der Waals surface area contributed by atoms with Gasteiger partial charge >= 0.3 is 0 Å². The lowest BCUT2D eigenvalue weighted by Crippen LogP contribution is -2.45. The van der Waals surface area contributed by atoms with Gasteiger partial charge in [-0.25, -0.2) is 4.39 Å². The average molecular weight is 249 g/mol. The smallest absolute Gasteiger partial charge is 0.230 e. The maximum atomic E-state index is 13.0. The minimum absolute atomic E-state index is 0.0938. The fourth-order valence-corrected chi connectivity index (χ4v) is 2.90. The molecule has 1 fully saturated rings. The zero-order valence-electron chi connectivity index (χ0n) is 10.8. The Kier molecular flexibility index (Phi) is 4.00. The van der Waals surface area contributed by atoms with Crippen molar-refractivity contribution in [2.24, 2.45) is 0 Å². The number of hydrogen-bond acceptors (Lipinski definition) is 1. The molecular formula is C15H20FNO. The van der Waals surface area contributed by atoms with Gasteiger partial charge in [0, 0.05) is 6.54 Å². The van der Waals surface area contributed by atoms with E-state index in [1.54, 1.807) is 12.1 Å². The summed E-state index contributed by atoms with van der Waals surface area (Å²) in [7, 11) is 0. The first-order chi connectivity index (χ1) is 8.69. The molecule has 0 radical (unpaired) electrons. The number of amides is 1. The van der Waals surface area contributed by atoms with Gasteiger partial charge in [-0.1, -0.05) is 31.4 Å². The number of carbonyl (C=O) groups is 1. The van der Waals surface area contributed by atoms with E-state index >= 15 is 0 Å². The molecule has 1 aliphatic rings. The predicted octanol–water partition coefficient (Wildman–Crippen LogP) is 3.16. The van der Waals surface area contributed by atoms with Gasteiger partial charge in [0.1, 0.15) is 5.82 Å². The van der Waals surface area contributed by atoms with Crippen molar-refractivity contribution in [2.45, 2.75) is 44.4 Å². The van der Waals surface area contributed by atoms with Gasteiger partial charge in [-0.05, 0) is 37.5 Å². The van der Waals surface area contributed by atoms with Crippen LogP contribution in [0.15, 0.2) is 24.3 Å². The standard InChI is InChI=1S/C15H20FNO/c1-2-17-14(18)15(10-4-3-5-11-15)12-6-8-13(16)9-7-12/h6-9H,2-5,10-11H2,1H3,(H,17,18). The molecule has 2 nitrogen and oxygen atoms in total. The van der Waals surface area contributed by atoms with Crippen LogP contribution >= 0.6 is 0 Å². The summed E-state index contributed by atoms with van der Waals surface area (Å²) in [6, 6.07) is 6.42. The summed E-state index contributed by atoms with van der Waals surface area (Å²) < 4.78 is 13.0. The number of nitrogens with one attached hydrogen (secondary N) is 1. The van der Waals surface area contributed by atoms with Crippen molar-refractivity contribution < 1.29 is 9.18 Å². The second-order valence-electron chi connectivity index (χ2n) is 5.01. The largest absolute Gasteiger partial charge is 0.356 e. The second-order valence-corrected chi connectivity index (χ2v) is 5.01. The van der Waals surface area contributed by atoms with Crippen LogP contribution in [0.4, 0.5) is 4.39 Å². The Morgan fingerprint density at radius 3 is 2.39 bits per heavy atom. The fourth-order valence-electron chi connectivity index (χ4n) is 2.90. The molecule has 0 saturated heterocycles. The molecule has 0 bridgehead atoms. The van der Waals surface area contributed by atoms with Crippen molar-refractivity contribution in [2.75, 3.05) is 6.54 Å². The van der Waals surface area contributed by atoms with Gasteiger partial charge in [-0.3, -0.25) is 4.79 Å². The van der Waals surface area contributed by atoms with E-state index in [1.807, 2.05) is 6.92 Å². The highest BCUT2D eigenvalue weighted by Crippen LogP contribution is 2.39. The first-order valence-electron chi connectivity index (χ1n) is 6.73. The van der Waals surface area contributed by atoms with Crippen LogP contribution < -0.4 is 5.32 Å². The van der Waals surface area contributed by atoms with E-state index in [1.165, 1.54) is 18.6 Å². The summed E-state index contributed by atoms with van der Waals surface area (Å²) in [4.78, 5) is 12.4.